The van der Waals surface area contributed by atoms with Crippen LogP contribution < -0.4 is 5.32 Å². The van der Waals surface area contributed by atoms with Crippen LogP contribution in [-0.4, -0.2) is 58.7 Å². The molecule has 1 aromatic carbocycles. The molecule has 3 amide bonds. The van der Waals surface area contributed by atoms with Crippen molar-refractivity contribution in [2.45, 2.75) is 51.6 Å². The summed E-state index contributed by atoms with van der Waals surface area (Å²) in [5, 5.41) is 3.45. The van der Waals surface area contributed by atoms with Gasteiger partial charge in [0.1, 0.15) is 0 Å². The molecular weight excluding hydrogens is 378 g/mol. The van der Waals surface area contributed by atoms with Gasteiger partial charge in [-0.15, -0.1) is 0 Å². The third kappa shape index (κ3) is 4.49. The van der Waals surface area contributed by atoms with E-state index in [0.29, 0.717) is 49.5 Å². The molecular formula is C21H28ClN3O3. The molecule has 2 aliphatic rings. The van der Waals surface area contributed by atoms with Crippen molar-refractivity contribution >= 4 is 29.3 Å². The van der Waals surface area contributed by atoms with Crippen molar-refractivity contribution in [3.8, 4) is 0 Å². The summed E-state index contributed by atoms with van der Waals surface area (Å²) in [6.07, 6.45) is 1.69. The highest BCUT2D eigenvalue weighted by molar-refractivity contribution is 6.33. The molecule has 28 heavy (non-hydrogen) atoms. The predicted molar refractivity (Wildman–Crippen MR) is 108 cm³/mol. The normalized spacial score (nSPS) is 21.1. The molecule has 1 unspecified atom stereocenters. The number of nitrogens with one attached hydrogen (secondary N) is 1. The molecule has 2 fully saturated rings. The molecule has 152 valence electrons. The van der Waals surface area contributed by atoms with Crippen molar-refractivity contribution in [1.82, 2.24) is 15.1 Å². The molecule has 0 bridgehead atoms. The summed E-state index contributed by atoms with van der Waals surface area (Å²) in [6.45, 7) is 7.64. The maximum atomic E-state index is 12.9. The topological polar surface area (TPSA) is 69.7 Å². The Morgan fingerprint density at radius 1 is 1.14 bits per heavy atom. The molecule has 2 saturated heterocycles. The molecule has 0 spiro atoms. The summed E-state index contributed by atoms with van der Waals surface area (Å²) >= 11 is 6.08. The monoisotopic (exact) mass is 405 g/mol. The molecule has 6 nitrogen and oxygen atoms in total. The van der Waals surface area contributed by atoms with E-state index in [1.54, 1.807) is 29.2 Å². The van der Waals surface area contributed by atoms with E-state index in [1.165, 1.54) is 0 Å². The second-order valence-corrected chi connectivity index (χ2v) is 9.04. The average molecular weight is 406 g/mol. The number of amides is 3. The van der Waals surface area contributed by atoms with Crippen molar-refractivity contribution in [3.05, 3.63) is 34.9 Å². The number of halogens is 1. The highest BCUT2D eigenvalue weighted by atomic mass is 35.5. The fraction of sp³-hybridized carbons (Fsp3) is 0.571. The van der Waals surface area contributed by atoms with Gasteiger partial charge in [0.15, 0.2) is 0 Å². The number of benzene rings is 1. The van der Waals surface area contributed by atoms with Gasteiger partial charge in [-0.25, -0.2) is 0 Å². The number of carbonyl (C=O) groups excluding carboxylic acids is 3. The summed E-state index contributed by atoms with van der Waals surface area (Å²) in [5.41, 5.74) is 0.205. The van der Waals surface area contributed by atoms with Gasteiger partial charge in [-0.3, -0.25) is 14.4 Å². The minimum Gasteiger partial charge on any atom is -0.349 e. The molecule has 0 saturated carbocycles. The summed E-state index contributed by atoms with van der Waals surface area (Å²) in [5.74, 6) is -0.345. The van der Waals surface area contributed by atoms with Crippen LogP contribution in [-0.2, 0) is 9.59 Å². The standard InChI is InChI=1S/C21H28ClN3O3/c1-21(2,3)25-13-14(12-18(25)26)20(28)24-10-8-15(9-11-24)23-19(27)16-6-4-5-7-17(16)22/h4-7,14-15H,8-13H2,1-3H3,(H,23,27). The summed E-state index contributed by atoms with van der Waals surface area (Å²) < 4.78 is 0. The third-order valence-electron chi connectivity index (χ3n) is 5.54. The van der Waals surface area contributed by atoms with Crippen molar-refractivity contribution < 1.29 is 14.4 Å². The first-order valence-corrected chi connectivity index (χ1v) is 10.2. The van der Waals surface area contributed by atoms with Gasteiger partial charge in [0.2, 0.25) is 11.8 Å². The molecule has 3 rings (SSSR count). The largest absolute Gasteiger partial charge is 0.349 e. The van der Waals surface area contributed by atoms with Gasteiger partial charge in [-0.05, 0) is 45.7 Å². The molecule has 0 radical (unpaired) electrons. The number of hydrogen-bond acceptors (Lipinski definition) is 3. The van der Waals surface area contributed by atoms with Crippen LogP contribution in [0.3, 0.4) is 0 Å². The Hall–Kier alpha value is -2.08. The van der Waals surface area contributed by atoms with Crippen LogP contribution in [0.5, 0.6) is 0 Å². The molecule has 1 N–H and O–H groups in total. The molecule has 2 heterocycles. The maximum absolute atomic E-state index is 12.9. The van der Waals surface area contributed by atoms with Gasteiger partial charge in [0, 0.05) is 37.6 Å². The Balaban J connectivity index is 1.51. The Morgan fingerprint density at radius 2 is 1.79 bits per heavy atom. The van der Waals surface area contributed by atoms with Crippen molar-refractivity contribution in [1.29, 1.82) is 0 Å². The van der Waals surface area contributed by atoms with Gasteiger partial charge in [-0.1, -0.05) is 23.7 Å². The Kier molecular flexibility index (Phi) is 5.98. The predicted octanol–water partition coefficient (Wildman–Crippen LogP) is 2.71. The van der Waals surface area contributed by atoms with Crippen LogP contribution >= 0.6 is 11.6 Å². The fourth-order valence-electron chi connectivity index (χ4n) is 3.93. The smallest absolute Gasteiger partial charge is 0.253 e. The average Bonchev–Trinajstić information content (AvgIpc) is 3.04. The second kappa shape index (κ2) is 8.11. The number of carbonyl (C=O) groups is 3. The summed E-state index contributed by atoms with van der Waals surface area (Å²) in [7, 11) is 0. The number of hydrogen-bond donors (Lipinski definition) is 1. The lowest BCUT2D eigenvalue weighted by Crippen LogP contribution is -2.49. The SMILES string of the molecule is CC(C)(C)N1CC(C(=O)N2CCC(NC(=O)c3ccccc3Cl)CC2)CC1=O. The van der Waals surface area contributed by atoms with E-state index < -0.39 is 0 Å². The third-order valence-corrected chi connectivity index (χ3v) is 5.87. The van der Waals surface area contributed by atoms with E-state index in [9.17, 15) is 14.4 Å². The lowest BCUT2D eigenvalue weighted by Gasteiger charge is -2.35. The van der Waals surface area contributed by atoms with E-state index >= 15 is 0 Å². The summed E-state index contributed by atoms with van der Waals surface area (Å²) in [6, 6.07) is 6.99. The zero-order chi connectivity index (χ0) is 20.5. The molecule has 7 heteroatoms. The van der Waals surface area contributed by atoms with E-state index in [4.69, 9.17) is 11.6 Å². The van der Waals surface area contributed by atoms with Crippen LogP contribution in [0.2, 0.25) is 5.02 Å². The number of rotatable bonds is 3. The quantitative estimate of drug-likeness (QED) is 0.840. The van der Waals surface area contributed by atoms with Crippen LogP contribution in [0.4, 0.5) is 0 Å². The molecule has 0 aromatic heterocycles. The first-order valence-electron chi connectivity index (χ1n) is 9.81. The molecule has 2 aliphatic heterocycles. The van der Waals surface area contributed by atoms with E-state index in [0.717, 1.165) is 0 Å². The lowest BCUT2D eigenvalue weighted by molar-refractivity contribution is -0.136. The highest BCUT2D eigenvalue weighted by Gasteiger charge is 2.41. The zero-order valence-corrected chi connectivity index (χ0v) is 17.5. The van der Waals surface area contributed by atoms with E-state index in [1.807, 2.05) is 25.7 Å². The minimum absolute atomic E-state index is 0.0177. The maximum Gasteiger partial charge on any atom is 0.253 e. The summed E-state index contributed by atoms with van der Waals surface area (Å²) in [4.78, 5) is 41.1. The van der Waals surface area contributed by atoms with E-state index in [2.05, 4.69) is 5.32 Å². The molecule has 1 atom stereocenters. The first kappa shape index (κ1) is 20.6. The first-order chi connectivity index (χ1) is 13.2. The van der Waals surface area contributed by atoms with Crippen molar-refractivity contribution in [3.63, 3.8) is 0 Å². The van der Waals surface area contributed by atoms with Gasteiger partial charge in [0.25, 0.3) is 5.91 Å². The fourth-order valence-corrected chi connectivity index (χ4v) is 4.15. The Labute approximate surface area is 171 Å². The van der Waals surface area contributed by atoms with Gasteiger partial charge in [0.05, 0.1) is 16.5 Å². The van der Waals surface area contributed by atoms with Crippen LogP contribution in [0.25, 0.3) is 0 Å². The molecule has 0 aliphatic carbocycles. The van der Waals surface area contributed by atoms with E-state index in [-0.39, 0.29) is 35.2 Å². The minimum atomic E-state index is -0.263. The van der Waals surface area contributed by atoms with Crippen LogP contribution in [0.15, 0.2) is 24.3 Å². The second-order valence-electron chi connectivity index (χ2n) is 8.63. The van der Waals surface area contributed by atoms with Gasteiger partial charge >= 0.3 is 0 Å². The van der Waals surface area contributed by atoms with Gasteiger partial charge < -0.3 is 15.1 Å². The van der Waals surface area contributed by atoms with Gasteiger partial charge in [-0.2, -0.15) is 0 Å². The number of nitrogens with zero attached hydrogens (tertiary/aromatic N) is 2. The van der Waals surface area contributed by atoms with Crippen molar-refractivity contribution in [2.75, 3.05) is 19.6 Å². The Morgan fingerprint density at radius 3 is 2.36 bits per heavy atom. The van der Waals surface area contributed by atoms with Crippen LogP contribution in [0.1, 0.15) is 50.4 Å². The van der Waals surface area contributed by atoms with Crippen molar-refractivity contribution in [2.24, 2.45) is 5.92 Å². The lowest BCUT2D eigenvalue weighted by atomic mass is 10.0. The highest BCUT2D eigenvalue weighted by Crippen LogP contribution is 2.28. The molecule has 1 aromatic rings. The number of piperidine rings is 1. The zero-order valence-electron chi connectivity index (χ0n) is 16.7. The van der Waals surface area contributed by atoms with Crippen LogP contribution in [0, 0.1) is 5.92 Å². The Bertz CT molecular complexity index is 766. The number of likely N-dealkylation sites (tertiary alicyclic amines) is 2.